The van der Waals surface area contributed by atoms with E-state index in [9.17, 15) is 0 Å². The van der Waals surface area contributed by atoms with Crippen LogP contribution in [0.1, 0.15) is 25.7 Å². The zero-order valence-electron chi connectivity index (χ0n) is 25.2. The summed E-state index contributed by atoms with van der Waals surface area (Å²) in [6, 6.07) is 20.8. The van der Waals surface area contributed by atoms with Crippen LogP contribution in [0, 0.1) is 0 Å². The van der Waals surface area contributed by atoms with Crippen LogP contribution in [0.15, 0.2) is 60.7 Å². The van der Waals surface area contributed by atoms with Crippen molar-refractivity contribution >= 4 is 29.6 Å². The second-order valence-electron chi connectivity index (χ2n) is 9.05. The molecule has 2 aromatic rings. The van der Waals surface area contributed by atoms with Crippen molar-refractivity contribution in [3.05, 3.63) is 60.7 Å². The summed E-state index contributed by atoms with van der Waals surface area (Å²) in [5.41, 5.74) is 2.55. The molecule has 8 nitrogen and oxygen atoms in total. The average molecular weight is 586 g/mol. The third-order valence-electron chi connectivity index (χ3n) is 5.77. The van der Waals surface area contributed by atoms with Gasteiger partial charge in [0.15, 0.2) is 0 Å². The molecule has 3 aliphatic heterocycles. The van der Waals surface area contributed by atoms with Gasteiger partial charge >= 0.3 is 0 Å². The van der Waals surface area contributed by atoms with Gasteiger partial charge in [-0.25, -0.2) is 0 Å². The fraction of sp³-hybridized carbons (Fsp3) is 0.625. The van der Waals surface area contributed by atoms with E-state index in [1.54, 1.807) is 0 Å². The van der Waals surface area contributed by atoms with Crippen molar-refractivity contribution < 1.29 is 37.9 Å². The predicted molar refractivity (Wildman–Crippen MR) is 163 cm³/mol. The van der Waals surface area contributed by atoms with E-state index < -0.39 is 0 Å². The first-order valence-electron chi connectivity index (χ1n) is 14.7. The van der Waals surface area contributed by atoms with Crippen molar-refractivity contribution in [2.24, 2.45) is 0 Å². The maximum atomic E-state index is 5.33. The molecule has 41 heavy (non-hydrogen) atoms. The number of rotatable bonds is 1. The Hall–Kier alpha value is -0.880. The molecular formula is C32H50NaO8. The van der Waals surface area contributed by atoms with Gasteiger partial charge in [0.25, 0.3) is 0 Å². The van der Waals surface area contributed by atoms with Gasteiger partial charge < -0.3 is 37.9 Å². The number of ether oxygens (including phenoxy) is 8. The molecule has 9 heteroatoms. The predicted octanol–water partition coefficient (Wildman–Crippen LogP) is 4.67. The molecule has 0 N–H and O–H groups in total. The van der Waals surface area contributed by atoms with Gasteiger partial charge in [-0.15, -0.1) is 0 Å². The molecular weight excluding hydrogens is 535 g/mol. The SMILES string of the molecule is C1CCOC1.C1CCOC1.C1COCCOCCOCCOCCOCCO1.[Na].c1ccc(-c2ccccc2)cc1. The first kappa shape index (κ1) is 38.1. The van der Waals surface area contributed by atoms with E-state index in [0.717, 1.165) is 26.4 Å². The minimum Gasteiger partial charge on any atom is -0.381 e. The summed E-state index contributed by atoms with van der Waals surface area (Å²) < 4.78 is 41.9. The number of benzene rings is 2. The van der Waals surface area contributed by atoms with Crippen molar-refractivity contribution in [1.29, 1.82) is 0 Å². The van der Waals surface area contributed by atoms with Gasteiger partial charge in [0.05, 0.1) is 79.3 Å². The summed E-state index contributed by atoms with van der Waals surface area (Å²) in [6.07, 6.45) is 5.11. The van der Waals surface area contributed by atoms with E-state index in [1.165, 1.54) is 36.8 Å². The normalized spacial score (nSPS) is 19.2. The summed E-state index contributed by atoms with van der Waals surface area (Å²) in [5, 5.41) is 0. The largest absolute Gasteiger partial charge is 0.381 e. The third kappa shape index (κ3) is 24.3. The topological polar surface area (TPSA) is 73.8 Å². The fourth-order valence-corrected chi connectivity index (χ4v) is 3.60. The molecule has 0 aromatic heterocycles. The minimum absolute atomic E-state index is 0. The maximum absolute atomic E-state index is 5.33. The van der Waals surface area contributed by atoms with Crippen LogP contribution < -0.4 is 0 Å². The minimum atomic E-state index is 0. The Balaban J connectivity index is 0.000000309. The van der Waals surface area contributed by atoms with Crippen molar-refractivity contribution in [1.82, 2.24) is 0 Å². The first-order valence-corrected chi connectivity index (χ1v) is 14.7. The third-order valence-corrected chi connectivity index (χ3v) is 5.77. The molecule has 0 aliphatic carbocycles. The number of hydrogen-bond acceptors (Lipinski definition) is 8. The number of hydrogen-bond donors (Lipinski definition) is 0. The molecule has 0 spiro atoms. The van der Waals surface area contributed by atoms with Gasteiger partial charge in [0.2, 0.25) is 0 Å². The van der Waals surface area contributed by atoms with Gasteiger partial charge in [0.1, 0.15) is 0 Å². The molecule has 0 saturated carbocycles. The average Bonchev–Trinajstić information content (AvgIpc) is 3.79. The van der Waals surface area contributed by atoms with Crippen LogP contribution in [0.2, 0.25) is 0 Å². The van der Waals surface area contributed by atoms with E-state index in [2.05, 4.69) is 48.5 Å². The Morgan fingerprint density at radius 2 is 0.463 bits per heavy atom. The molecule has 5 rings (SSSR count). The van der Waals surface area contributed by atoms with Crippen LogP contribution in [-0.2, 0) is 37.9 Å². The summed E-state index contributed by atoms with van der Waals surface area (Å²) in [6.45, 7) is 11.0. The summed E-state index contributed by atoms with van der Waals surface area (Å²) in [5.74, 6) is 0. The van der Waals surface area contributed by atoms with E-state index in [4.69, 9.17) is 37.9 Å². The maximum Gasteiger partial charge on any atom is 0.0701 e. The second kappa shape index (κ2) is 30.6. The molecule has 227 valence electrons. The molecule has 2 aromatic carbocycles. The quantitative estimate of drug-likeness (QED) is 0.448. The zero-order chi connectivity index (χ0) is 28.0. The van der Waals surface area contributed by atoms with Crippen LogP contribution in [0.3, 0.4) is 0 Å². The van der Waals surface area contributed by atoms with Gasteiger partial charge in [-0.3, -0.25) is 0 Å². The smallest absolute Gasteiger partial charge is 0.0701 e. The first-order chi connectivity index (χ1) is 20.0. The van der Waals surface area contributed by atoms with Crippen LogP contribution in [0.4, 0.5) is 0 Å². The molecule has 0 unspecified atom stereocenters. The summed E-state index contributed by atoms with van der Waals surface area (Å²) in [7, 11) is 0. The van der Waals surface area contributed by atoms with Crippen LogP contribution in [0.5, 0.6) is 0 Å². The standard InChI is InChI=1S/C12H24O6.C12H10.2C4H8O.Na/c1-2-14-5-6-16-9-10-18-12-11-17-8-7-15-4-3-13-1;1-3-7-11(8-4-1)12-9-5-2-6-10-12;2*1-2-4-5-3-1;/h1-12H2;1-10H;2*1-4H2;. The van der Waals surface area contributed by atoms with Crippen LogP contribution in [-0.4, -0.2) is 135 Å². The van der Waals surface area contributed by atoms with Crippen molar-refractivity contribution in [2.45, 2.75) is 25.7 Å². The van der Waals surface area contributed by atoms with Gasteiger partial charge in [-0.1, -0.05) is 60.7 Å². The van der Waals surface area contributed by atoms with Gasteiger partial charge in [0, 0.05) is 56.0 Å². The summed E-state index contributed by atoms with van der Waals surface area (Å²) in [4.78, 5) is 0. The molecule has 3 saturated heterocycles. The molecule has 3 heterocycles. The van der Waals surface area contributed by atoms with E-state index in [1.807, 2.05) is 12.1 Å². The fourth-order valence-electron chi connectivity index (χ4n) is 3.60. The molecule has 0 bridgehead atoms. The Morgan fingerprint density at radius 3 is 0.634 bits per heavy atom. The molecule has 0 amide bonds. The molecule has 3 fully saturated rings. The zero-order valence-corrected chi connectivity index (χ0v) is 27.2. The van der Waals surface area contributed by atoms with Crippen LogP contribution >= 0.6 is 0 Å². The monoisotopic (exact) mass is 585 g/mol. The molecule has 3 aliphatic rings. The Bertz CT molecular complexity index is 623. The second-order valence-corrected chi connectivity index (χ2v) is 9.05. The van der Waals surface area contributed by atoms with E-state index in [0.29, 0.717) is 79.3 Å². The summed E-state index contributed by atoms with van der Waals surface area (Å²) >= 11 is 0. The van der Waals surface area contributed by atoms with Crippen molar-refractivity contribution in [3.8, 4) is 11.1 Å². The Kier molecular flexibility index (Phi) is 28.4. The molecule has 1 radical (unpaired) electrons. The van der Waals surface area contributed by atoms with Crippen LogP contribution in [0.25, 0.3) is 11.1 Å². The Labute approximate surface area is 269 Å². The van der Waals surface area contributed by atoms with Crippen molar-refractivity contribution in [3.63, 3.8) is 0 Å². The van der Waals surface area contributed by atoms with Crippen molar-refractivity contribution in [2.75, 3.05) is 106 Å². The molecule has 0 atom stereocenters. The Morgan fingerprint density at radius 1 is 0.268 bits per heavy atom. The van der Waals surface area contributed by atoms with Gasteiger partial charge in [-0.05, 0) is 36.8 Å². The van der Waals surface area contributed by atoms with Gasteiger partial charge in [-0.2, -0.15) is 0 Å². The van der Waals surface area contributed by atoms with E-state index >= 15 is 0 Å². The van der Waals surface area contributed by atoms with E-state index in [-0.39, 0.29) is 29.6 Å².